The SMILES string of the molecule is CCCc1ccccc1C(=O)Oc1cccc(C(C)C)c1OC(=O)c1ccccc1CCC. The third-order valence-electron chi connectivity index (χ3n) is 5.54. The van der Waals surface area contributed by atoms with Crippen LogP contribution >= 0.6 is 0 Å². The van der Waals surface area contributed by atoms with E-state index in [4.69, 9.17) is 9.47 Å². The predicted octanol–water partition coefficient (Wildman–Crippen LogP) is 7.15. The molecule has 0 amide bonds. The summed E-state index contributed by atoms with van der Waals surface area (Å²) in [6, 6.07) is 20.3. The fourth-order valence-electron chi connectivity index (χ4n) is 3.89. The third-order valence-corrected chi connectivity index (χ3v) is 5.54. The third kappa shape index (κ3) is 5.89. The van der Waals surface area contributed by atoms with Crippen LogP contribution in [0.4, 0.5) is 0 Å². The first kappa shape index (κ1) is 24.2. The van der Waals surface area contributed by atoms with Crippen molar-refractivity contribution in [3.8, 4) is 11.5 Å². The molecule has 0 fully saturated rings. The minimum Gasteiger partial charge on any atom is -0.419 e. The summed E-state index contributed by atoms with van der Waals surface area (Å²) in [7, 11) is 0. The monoisotopic (exact) mass is 444 g/mol. The Morgan fingerprint density at radius 1 is 0.697 bits per heavy atom. The van der Waals surface area contributed by atoms with Gasteiger partial charge in [0.1, 0.15) is 0 Å². The van der Waals surface area contributed by atoms with Crippen molar-refractivity contribution in [3.05, 3.63) is 94.5 Å². The molecule has 0 unspecified atom stereocenters. The molecule has 0 bridgehead atoms. The van der Waals surface area contributed by atoms with Crippen LogP contribution in [0.5, 0.6) is 11.5 Å². The van der Waals surface area contributed by atoms with Gasteiger partial charge in [0.15, 0.2) is 11.5 Å². The van der Waals surface area contributed by atoms with E-state index in [2.05, 4.69) is 13.8 Å². The number of carbonyl (C=O) groups excluding carboxylic acids is 2. The van der Waals surface area contributed by atoms with Crippen LogP contribution in [0.1, 0.15) is 83.9 Å². The molecule has 0 radical (unpaired) electrons. The second-order valence-electron chi connectivity index (χ2n) is 8.42. The Bertz CT molecular complexity index is 1110. The highest BCUT2D eigenvalue weighted by atomic mass is 16.6. The van der Waals surface area contributed by atoms with Gasteiger partial charge in [0.25, 0.3) is 0 Å². The van der Waals surface area contributed by atoms with Gasteiger partial charge in [0.2, 0.25) is 0 Å². The van der Waals surface area contributed by atoms with E-state index in [9.17, 15) is 9.59 Å². The van der Waals surface area contributed by atoms with Gasteiger partial charge >= 0.3 is 11.9 Å². The zero-order valence-corrected chi connectivity index (χ0v) is 19.9. The van der Waals surface area contributed by atoms with Crippen LogP contribution in [-0.2, 0) is 12.8 Å². The highest BCUT2D eigenvalue weighted by Gasteiger charge is 2.22. The first-order valence-electron chi connectivity index (χ1n) is 11.7. The molecule has 3 aromatic rings. The molecule has 3 aromatic carbocycles. The lowest BCUT2D eigenvalue weighted by Gasteiger charge is -2.18. The molecular formula is C29H32O4. The molecule has 33 heavy (non-hydrogen) atoms. The Labute approximate surface area is 196 Å². The molecule has 0 aromatic heterocycles. The largest absolute Gasteiger partial charge is 0.419 e. The van der Waals surface area contributed by atoms with Crippen molar-refractivity contribution in [1.29, 1.82) is 0 Å². The highest BCUT2D eigenvalue weighted by molar-refractivity contribution is 5.95. The van der Waals surface area contributed by atoms with Crippen molar-refractivity contribution in [3.63, 3.8) is 0 Å². The summed E-state index contributed by atoms with van der Waals surface area (Å²) >= 11 is 0. The van der Waals surface area contributed by atoms with Crippen LogP contribution in [0.25, 0.3) is 0 Å². The second kappa shape index (κ2) is 11.5. The number of hydrogen-bond acceptors (Lipinski definition) is 4. The lowest BCUT2D eigenvalue weighted by Crippen LogP contribution is -2.16. The molecule has 0 saturated carbocycles. The Morgan fingerprint density at radius 2 is 1.21 bits per heavy atom. The molecule has 3 rings (SSSR count). The van der Waals surface area contributed by atoms with Crippen molar-refractivity contribution in [2.45, 2.75) is 59.3 Å². The molecule has 0 aliphatic carbocycles. The van der Waals surface area contributed by atoms with Crippen molar-refractivity contribution in [2.75, 3.05) is 0 Å². The van der Waals surface area contributed by atoms with Gasteiger partial charge in [-0.15, -0.1) is 0 Å². The van der Waals surface area contributed by atoms with E-state index in [0.29, 0.717) is 16.9 Å². The predicted molar refractivity (Wildman–Crippen MR) is 131 cm³/mol. The lowest BCUT2D eigenvalue weighted by atomic mass is 10.0. The van der Waals surface area contributed by atoms with Crippen molar-refractivity contribution in [2.24, 2.45) is 0 Å². The maximum absolute atomic E-state index is 13.2. The van der Waals surface area contributed by atoms with Crippen molar-refractivity contribution >= 4 is 11.9 Å². The van der Waals surface area contributed by atoms with Gasteiger partial charge in [0, 0.05) is 5.56 Å². The van der Waals surface area contributed by atoms with Crippen LogP contribution in [0.15, 0.2) is 66.7 Å². The van der Waals surface area contributed by atoms with Crippen LogP contribution < -0.4 is 9.47 Å². The number of benzene rings is 3. The maximum Gasteiger partial charge on any atom is 0.343 e. The molecule has 0 spiro atoms. The average Bonchev–Trinajstić information content (AvgIpc) is 2.81. The van der Waals surface area contributed by atoms with Crippen LogP contribution in [0.3, 0.4) is 0 Å². The summed E-state index contributed by atoms with van der Waals surface area (Å²) in [6.07, 6.45) is 3.42. The number of para-hydroxylation sites is 1. The average molecular weight is 445 g/mol. The van der Waals surface area contributed by atoms with E-state index in [0.717, 1.165) is 42.4 Å². The Morgan fingerprint density at radius 3 is 1.73 bits per heavy atom. The Balaban J connectivity index is 1.96. The molecule has 0 heterocycles. The van der Waals surface area contributed by atoms with E-state index < -0.39 is 11.9 Å². The maximum atomic E-state index is 13.2. The van der Waals surface area contributed by atoms with Crippen molar-refractivity contribution < 1.29 is 19.1 Å². The first-order chi connectivity index (χ1) is 16.0. The number of esters is 2. The summed E-state index contributed by atoms with van der Waals surface area (Å²) in [5, 5.41) is 0. The minimum atomic E-state index is -0.455. The summed E-state index contributed by atoms with van der Waals surface area (Å²) in [5.74, 6) is -0.284. The van der Waals surface area contributed by atoms with Crippen molar-refractivity contribution in [1.82, 2.24) is 0 Å². The zero-order chi connectivity index (χ0) is 23.8. The molecule has 4 heteroatoms. The number of ether oxygens (including phenoxy) is 2. The fraction of sp³-hybridized carbons (Fsp3) is 0.310. The summed E-state index contributed by atoms with van der Waals surface area (Å²) in [6.45, 7) is 8.17. The zero-order valence-electron chi connectivity index (χ0n) is 19.9. The van der Waals surface area contributed by atoms with Gasteiger partial charge in [-0.25, -0.2) is 9.59 Å². The molecule has 0 N–H and O–H groups in total. The standard InChI is InChI=1S/C29H32O4/c1-5-12-21-14-7-9-16-24(21)28(30)32-26-19-11-18-23(20(3)4)27(26)33-29(31)25-17-10-8-15-22(25)13-6-2/h7-11,14-20H,5-6,12-13H2,1-4H3. The van der Waals surface area contributed by atoms with Gasteiger partial charge < -0.3 is 9.47 Å². The lowest BCUT2D eigenvalue weighted by molar-refractivity contribution is 0.0679. The number of aryl methyl sites for hydroxylation is 2. The van der Waals surface area contributed by atoms with E-state index in [1.165, 1.54) is 0 Å². The van der Waals surface area contributed by atoms with Gasteiger partial charge in [0.05, 0.1) is 11.1 Å². The van der Waals surface area contributed by atoms with E-state index in [-0.39, 0.29) is 11.7 Å². The second-order valence-corrected chi connectivity index (χ2v) is 8.42. The molecule has 4 nitrogen and oxygen atoms in total. The Hall–Kier alpha value is -3.40. The quantitative estimate of drug-likeness (QED) is 0.260. The normalized spacial score (nSPS) is 10.8. The van der Waals surface area contributed by atoms with Gasteiger partial charge in [-0.2, -0.15) is 0 Å². The number of carbonyl (C=O) groups is 2. The van der Waals surface area contributed by atoms with E-state index in [1.807, 2.05) is 62.4 Å². The summed E-state index contributed by atoms with van der Waals surface area (Å²) in [4.78, 5) is 26.2. The number of rotatable bonds is 9. The van der Waals surface area contributed by atoms with Crippen LogP contribution in [-0.4, -0.2) is 11.9 Å². The summed E-state index contributed by atoms with van der Waals surface area (Å²) in [5.41, 5.74) is 3.75. The molecule has 0 aliphatic heterocycles. The number of hydrogen-bond donors (Lipinski definition) is 0. The minimum absolute atomic E-state index is 0.0738. The van der Waals surface area contributed by atoms with Gasteiger partial charge in [-0.05, 0) is 48.1 Å². The van der Waals surface area contributed by atoms with Gasteiger partial charge in [-0.3, -0.25) is 0 Å². The molecule has 0 atom stereocenters. The fourth-order valence-corrected chi connectivity index (χ4v) is 3.89. The Kier molecular flexibility index (Phi) is 8.42. The molecule has 0 saturated heterocycles. The molecule has 0 aliphatic rings. The van der Waals surface area contributed by atoms with E-state index >= 15 is 0 Å². The first-order valence-corrected chi connectivity index (χ1v) is 11.7. The van der Waals surface area contributed by atoms with Crippen LogP contribution in [0.2, 0.25) is 0 Å². The molecular weight excluding hydrogens is 412 g/mol. The molecule has 172 valence electrons. The highest BCUT2D eigenvalue weighted by Crippen LogP contribution is 2.37. The van der Waals surface area contributed by atoms with Gasteiger partial charge in [-0.1, -0.05) is 89.1 Å². The topological polar surface area (TPSA) is 52.6 Å². The van der Waals surface area contributed by atoms with Crippen LogP contribution in [0, 0.1) is 0 Å². The smallest absolute Gasteiger partial charge is 0.343 e. The summed E-state index contributed by atoms with van der Waals surface area (Å²) < 4.78 is 11.7. The van der Waals surface area contributed by atoms with E-state index in [1.54, 1.807) is 18.2 Å².